The number of nitrogens with zero attached hydrogens (tertiary/aromatic N) is 3. The minimum atomic E-state index is -0.602. The molecule has 0 spiro atoms. The molecule has 5 nitrogen and oxygen atoms in total. The average molecular weight is 301 g/mol. The van der Waals surface area contributed by atoms with Gasteiger partial charge in [0.1, 0.15) is 11.3 Å². The third-order valence-corrected chi connectivity index (χ3v) is 3.90. The average Bonchev–Trinajstić information content (AvgIpc) is 2.43. The molecule has 0 atom stereocenters. The van der Waals surface area contributed by atoms with Crippen LogP contribution in [0.4, 0.5) is 5.69 Å². The van der Waals surface area contributed by atoms with E-state index in [1.807, 2.05) is 19.1 Å². The Morgan fingerprint density at radius 3 is 2.82 bits per heavy atom. The van der Waals surface area contributed by atoms with Gasteiger partial charge in [-0.05, 0) is 25.3 Å². The maximum Gasteiger partial charge on any atom is 0.139 e. The van der Waals surface area contributed by atoms with E-state index in [1.165, 1.54) is 0 Å². The summed E-state index contributed by atoms with van der Waals surface area (Å²) in [4.78, 5) is 11.0. The number of fused-ring (bicyclic) bond motifs is 1. The van der Waals surface area contributed by atoms with Crippen LogP contribution in [0.3, 0.4) is 0 Å². The summed E-state index contributed by atoms with van der Waals surface area (Å²) in [5, 5.41) is 9.91. The number of anilines is 1. The van der Waals surface area contributed by atoms with Crippen LogP contribution in [0.15, 0.2) is 24.5 Å². The zero-order valence-corrected chi connectivity index (χ0v) is 13.4. The van der Waals surface area contributed by atoms with Gasteiger partial charge in [0, 0.05) is 25.4 Å². The van der Waals surface area contributed by atoms with Crippen molar-refractivity contribution in [2.75, 3.05) is 24.6 Å². The van der Waals surface area contributed by atoms with Gasteiger partial charge in [-0.25, -0.2) is 4.98 Å². The van der Waals surface area contributed by atoms with E-state index in [-0.39, 0.29) is 0 Å². The Morgan fingerprint density at radius 1 is 1.36 bits per heavy atom. The van der Waals surface area contributed by atoms with Gasteiger partial charge in [-0.2, -0.15) is 0 Å². The van der Waals surface area contributed by atoms with Gasteiger partial charge in [0.05, 0.1) is 29.6 Å². The molecule has 1 saturated heterocycles. The molecule has 0 saturated carbocycles. The Balaban J connectivity index is 1.79. The highest BCUT2D eigenvalue weighted by molar-refractivity contribution is 5.88. The maximum absolute atomic E-state index is 9.91. The fraction of sp³-hybridized carbons (Fsp3) is 0.529. The first-order chi connectivity index (χ1) is 10.4. The number of hydrogen-bond donors (Lipinski definition) is 1. The molecule has 0 aliphatic carbocycles. The van der Waals surface area contributed by atoms with E-state index >= 15 is 0 Å². The van der Waals surface area contributed by atoms with Crippen molar-refractivity contribution in [3.05, 3.63) is 24.5 Å². The second-order valence-electron chi connectivity index (χ2n) is 6.75. The van der Waals surface area contributed by atoms with E-state index in [0.29, 0.717) is 25.6 Å². The number of aromatic nitrogens is 2. The first-order valence-corrected chi connectivity index (χ1v) is 7.79. The molecule has 3 heterocycles. The highest BCUT2D eigenvalue weighted by Crippen LogP contribution is 2.32. The quantitative estimate of drug-likeness (QED) is 0.920. The lowest BCUT2D eigenvalue weighted by Gasteiger charge is -2.45. The lowest BCUT2D eigenvalue weighted by atomic mass is 9.96. The zero-order valence-electron chi connectivity index (χ0n) is 13.4. The lowest BCUT2D eigenvalue weighted by molar-refractivity contribution is 0.0312. The van der Waals surface area contributed by atoms with Gasteiger partial charge in [0.2, 0.25) is 0 Å². The third kappa shape index (κ3) is 3.14. The largest absolute Gasteiger partial charge is 0.492 e. The van der Waals surface area contributed by atoms with E-state index in [0.717, 1.165) is 28.9 Å². The summed E-state index contributed by atoms with van der Waals surface area (Å²) in [5.74, 6) is 1.38. The normalized spacial score (nSPS) is 16.9. The number of rotatable bonds is 5. The number of hydrogen-bond acceptors (Lipinski definition) is 5. The fourth-order valence-electron chi connectivity index (χ4n) is 2.69. The molecule has 1 N–H and O–H groups in total. The van der Waals surface area contributed by atoms with Crippen LogP contribution < -0.4 is 9.64 Å². The smallest absolute Gasteiger partial charge is 0.139 e. The van der Waals surface area contributed by atoms with E-state index in [1.54, 1.807) is 12.4 Å². The Bertz CT molecular complexity index is 662. The Morgan fingerprint density at radius 2 is 2.14 bits per heavy atom. The first-order valence-electron chi connectivity index (χ1n) is 7.79. The van der Waals surface area contributed by atoms with Crippen molar-refractivity contribution in [3.63, 3.8) is 0 Å². The molecule has 0 bridgehead atoms. The molecule has 1 fully saturated rings. The summed E-state index contributed by atoms with van der Waals surface area (Å²) in [6, 6.07) is 3.88. The van der Waals surface area contributed by atoms with Crippen molar-refractivity contribution in [1.29, 1.82) is 0 Å². The van der Waals surface area contributed by atoms with Crippen molar-refractivity contribution >= 4 is 16.7 Å². The van der Waals surface area contributed by atoms with Crippen LogP contribution in [-0.2, 0) is 0 Å². The molecule has 2 aromatic heterocycles. The molecule has 1 aliphatic rings. The monoisotopic (exact) mass is 301 g/mol. The summed E-state index contributed by atoms with van der Waals surface area (Å²) >= 11 is 0. The molecule has 0 unspecified atom stereocenters. The van der Waals surface area contributed by atoms with Crippen LogP contribution in [0, 0.1) is 5.92 Å². The van der Waals surface area contributed by atoms with Crippen LogP contribution in [0.1, 0.15) is 27.2 Å². The zero-order chi connectivity index (χ0) is 15.7. The number of pyridine rings is 2. The van der Waals surface area contributed by atoms with Crippen molar-refractivity contribution in [2.24, 2.45) is 5.92 Å². The fourth-order valence-corrected chi connectivity index (χ4v) is 2.69. The Labute approximate surface area is 130 Å². The van der Waals surface area contributed by atoms with Gasteiger partial charge in [0.15, 0.2) is 0 Å². The van der Waals surface area contributed by atoms with E-state index < -0.39 is 5.60 Å². The second kappa shape index (κ2) is 5.72. The molecule has 118 valence electrons. The molecule has 3 rings (SSSR count). The van der Waals surface area contributed by atoms with Crippen molar-refractivity contribution in [2.45, 2.75) is 32.8 Å². The predicted octanol–water partition coefficient (Wildman–Crippen LogP) is 2.63. The minimum absolute atomic E-state index is 0.602. The highest BCUT2D eigenvalue weighted by Gasteiger charge is 2.37. The molecule has 5 heteroatoms. The van der Waals surface area contributed by atoms with Crippen LogP contribution >= 0.6 is 0 Å². The summed E-state index contributed by atoms with van der Waals surface area (Å²) < 4.78 is 5.74. The van der Waals surface area contributed by atoms with E-state index in [4.69, 9.17) is 4.74 Å². The summed E-state index contributed by atoms with van der Waals surface area (Å²) in [7, 11) is 0. The van der Waals surface area contributed by atoms with E-state index in [2.05, 4.69) is 28.7 Å². The molecule has 22 heavy (non-hydrogen) atoms. The van der Waals surface area contributed by atoms with Crippen molar-refractivity contribution in [3.8, 4) is 5.75 Å². The minimum Gasteiger partial charge on any atom is -0.492 e. The lowest BCUT2D eigenvalue weighted by Crippen LogP contribution is -2.60. The van der Waals surface area contributed by atoms with Crippen molar-refractivity contribution in [1.82, 2.24) is 9.97 Å². The molecule has 0 amide bonds. The van der Waals surface area contributed by atoms with Gasteiger partial charge >= 0.3 is 0 Å². The number of aliphatic hydroxyl groups is 1. The van der Waals surface area contributed by atoms with Crippen LogP contribution in [0.25, 0.3) is 11.0 Å². The predicted molar refractivity (Wildman–Crippen MR) is 87.3 cm³/mol. The third-order valence-electron chi connectivity index (χ3n) is 3.90. The van der Waals surface area contributed by atoms with Gasteiger partial charge in [-0.1, -0.05) is 13.8 Å². The van der Waals surface area contributed by atoms with Crippen LogP contribution in [0.5, 0.6) is 5.75 Å². The van der Waals surface area contributed by atoms with Gasteiger partial charge in [-0.3, -0.25) is 4.98 Å². The first kappa shape index (κ1) is 15.0. The second-order valence-corrected chi connectivity index (χ2v) is 6.75. The molecular weight excluding hydrogens is 278 g/mol. The number of β-amino-alcohol motifs (C(OH)–C–C–N with tert-alkyl or cyclic N) is 1. The number of ether oxygens (including phenoxy) is 1. The van der Waals surface area contributed by atoms with Gasteiger partial charge < -0.3 is 14.7 Å². The van der Waals surface area contributed by atoms with Crippen LogP contribution in [-0.4, -0.2) is 40.4 Å². The molecule has 1 aliphatic heterocycles. The highest BCUT2D eigenvalue weighted by atomic mass is 16.5. The van der Waals surface area contributed by atoms with Gasteiger partial charge in [0.25, 0.3) is 0 Å². The molecule has 0 radical (unpaired) electrons. The summed E-state index contributed by atoms with van der Waals surface area (Å²) in [6.45, 7) is 8.15. The SMILES string of the molecule is CC(C)CCOc1cnc2c(N3CC(C)(O)C3)ccnc2c1. The Kier molecular flexibility index (Phi) is 3.91. The molecule has 2 aromatic rings. The maximum atomic E-state index is 9.91. The van der Waals surface area contributed by atoms with Gasteiger partial charge in [-0.15, -0.1) is 0 Å². The van der Waals surface area contributed by atoms with Crippen molar-refractivity contribution < 1.29 is 9.84 Å². The summed E-state index contributed by atoms with van der Waals surface area (Å²) in [6.07, 6.45) is 4.56. The molecule has 0 aromatic carbocycles. The molecular formula is C17H23N3O2. The Hall–Kier alpha value is -1.88. The summed E-state index contributed by atoms with van der Waals surface area (Å²) in [5.41, 5.74) is 2.10. The standard InChI is InChI=1S/C17H23N3O2/c1-12(2)5-7-22-13-8-14-16(19-9-13)15(4-6-18-14)20-10-17(3,21)11-20/h4,6,8-9,12,21H,5,7,10-11H2,1-3H3. The van der Waals surface area contributed by atoms with E-state index in [9.17, 15) is 5.11 Å². The topological polar surface area (TPSA) is 58.5 Å². The van der Waals surface area contributed by atoms with Crippen LogP contribution in [0.2, 0.25) is 0 Å².